The standard InChI is InChI=1S/C34H44N4O6/c1-9-43-31(40)26-20-37-27(17-28(26)39)24-16-29(42-8)25(14-21(24)15-30(37)33(2,3)4)22-18-35-38(19-22)23-10-12-36(13-11-23)32(41)44-34(5,6)7/h14,16-20,23,30H,9-13,15H2,1-8H3. The Morgan fingerprint density at radius 2 is 1.70 bits per heavy atom. The summed E-state index contributed by atoms with van der Waals surface area (Å²) in [7, 11) is 1.64. The molecule has 1 fully saturated rings. The van der Waals surface area contributed by atoms with Gasteiger partial charge in [0.1, 0.15) is 16.9 Å². The molecular formula is C34H44N4O6. The molecule has 3 aromatic rings. The molecule has 1 aromatic carbocycles. The minimum Gasteiger partial charge on any atom is -0.496 e. The number of nitrogens with zero attached hydrogens (tertiary/aromatic N) is 4. The van der Waals surface area contributed by atoms with Gasteiger partial charge in [0, 0.05) is 54.3 Å². The van der Waals surface area contributed by atoms with E-state index in [0.29, 0.717) is 25.3 Å². The van der Waals surface area contributed by atoms with Crippen LogP contribution in [-0.4, -0.2) is 63.7 Å². The van der Waals surface area contributed by atoms with Crippen molar-refractivity contribution in [3.63, 3.8) is 0 Å². The molecular weight excluding hydrogens is 560 g/mol. The number of likely N-dealkylation sites (tertiary alicyclic amines) is 1. The molecule has 236 valence electrons. The van der Waals surface area contributed by atoms with Crippen LogP contribution in [0.15, 0.2) is 41.6 Å². The van der Waals surface area contributed by atoms with Crippen LogP contribution in [0.25, 0.3) is 22.4 Å². The lowest BCUT2D eigenvalue weighted by atomic mass is 9.78. The Morgan fingerprint density at radius 1 is 1.00 bits per heavy atom. The second-order valence-corrected chi connectivity index (χ2v) is 13.8. The Balaban J connectivity index is 1.46. The Hall–Kier alpha value is -4.08. The van der Waals surface area contributed by atoms with Crippen LogP contribution in [0, 0.1) is 5.41 Å². The molecule has 0 bridgehead atoms. The first-order chi connectivity index (χ1) is 20.7. The summed E-state index contributed by atoms with van der Waals surface area (Å²) in [4.78, 5) is 40.0. The van der Waals surface area contributed by atoms with Gasteiger partial charge in [0.2, 0.25) is 0 Å². The molecule has 5 rings (SSSR count). The molecule has 1 unspecified atom stereocenters. The van der Waals surface area contributed by atoms with Crippen LogP contribution in [0.2, 0.25) is 0 Å². The number of amides is 1. The van der Waals surface area contributed by atoms with Gasteiger partial charge < -0.3 is 23.7 Å². The van der Waals surface area contributed by atoms with Crippen molar-refractivity contribution in [2.75, 3.05) is 26.8 Å². The highest BCUT2D eigenvalue weighted by Gasteiger charge is 2.35. The summed E-state index contributed by atoms with van der Waals surface area (Å²) in [6.07, 6.45) is 7.58. The van der Waals surface area contributed by atoms with Crippen molar-refractivity contribution in [1.82, 2.24) is 19.2 Å². The number of methoxy groups -OCH3 is 1. The molecule has 1 saturated heterocycles. The maximum absolute atomic E-state index is 13.1. The van der Waals surface area contributed by atoms with E-state index in [1.54, 1.807) is 31.2 Å². The van der Waals surface area contributed by atoms with E-state index >= 15 is 0 Å². The maximum Gasteiger partial charge on any atom is 0.410 e. The lowest BCUT2D eigenvalue weighted by Crippen LogP contribution is -2.42. The third-order valence-electron chi connectivity index (χ3n) is 8.43. The summed E-state index contributed by atoms with van der Waals surface area (Å²) in [5, 5.41) is 4.71. The van der Waals surface area contributed by atoms with Gasteiger partial charge >= 0.3 is 12.1 Å². The van der Waals surface area contributed by atoms with E-state index in [1.807, 2.05) is 43.9 Å². The van der Waals surface area contributed by atoms with Crippen LogP contribution in [-0.2, 0) is 15.9 Å². The van der Waals surface area contributed by atoms with Crippen LogP contribution < -0.4 is 10.2 Å². The summed E-state index contributed by atoms with van der Waals surface area (Å²) in [6, 6.07) is 5.84. The van der Waals surface area contributed by atoms with Crippen molar-refractivity contribution in [3.05, 3.63) is 58.1 Å². The second-order valence-electron chi connectivity index (χ2n) is 13.8. The third kappa shape index (κ3) is 6.25. The van der Waals surface area contributed by atoms with Crippen LogP contribution in [0.3, 0.4) is 0 Å². The van der Waals surface area contributed by atoms with Gasteiger partial charge in [0.05, 0.1) is 31.6 Å². The maximum atomic E-state index is 13.1. The zero-order chi connectivity index (χ0) is 32.0. The van der Waals surface area contributed by atoms with E-state index in [1.165, 1.54) is 0 Å². The third-order valence-corrected chi connectivity index (χ3v) is 8.43. The number of ether oxygens (including phenoxy) is 3. The zero-order valence-corrected chi connectivity index (χ0v) is 27.1. The van der Waals surface area contributed by atoms with Gasteiger partial charge in [-0.05, 0) is 70.1 Å². The number of fused-ring (bicyclic) bond motifs is 3. The Labute approximate surface area is 258 Å². The van der Waals surface area contributed by atoms with E-state index < -0.39 is 11.6 Å². The lowest BCUT2D eigenvalue weighted by Gasteiger charge is -2.39. The normalized spacial score (nSPS) is 17.1. The Kier molecular flexibility index (Phi) is 8.39. The number of esters is 1. The number of carbonyl (C=O) groups is 2. The Bertz CT molecular complexity index is 1620. The van der Waals surface area contributed by atoms with Gasteiger partial charge in [0.25, 0.3) is 0 Å². The van der Waals surface area contributed by atoms with E-state index in [9.17, 15) is 14.4 Å². The summed E-state index contributed by atoms with van der Waals surface area (Å²) in [5.41, 5.74) is 3.62. The topological polar surface area (TPSA) is 105 Å². The monoisotopic (exact) mass is 604 g/mol. The summed E-state index contributed by atoms with van der Waals surface area (Å²) in [6.45, 7) is 15.3. The molecule has 0 N–H and O–H groups in total. The van der Waals surface area contributed by atoms with Crippen LogP contribution in [0.5, 0.6) is 5.75 Å². The molecule has 0 aliphatic carbocycles. The van der Waals surface area contributed by atoms with Gasteiger partial charge in [-0.3, -0.25) is 9.48 Å². The van der Waals surface area contributed by atoms with Gasteiger partial charge in [-0.25, -0.2) is 9.59 Å². The minimum atomic E-state index is -0.605. The van der Waals surface area contributed by atoms with Crippen molar-refractivity contribution in [2.45, 2.75) is 85.4 Å². The van der Waals surface area contributed by atoms with Crippen molar-refractivity contribution in [3.8, 4) is 28.1 Å². The van der Waals surface area contributed by atoms with E-state index in [0.717, 1.165) is 40.8 Å². The SMILES string of the molecule is CCOC(=O)c1cn2c(cc1=O)-c1cc(OC)c(-c3cnn(C4CCN(C(=O)OC(C)(C)C)CC4)c3)cc1CC2C(C)(C)C. The number of hydrogen-bond donors (Lipinski definition) is 0. The van der Waals surface area contributed by atoms with Crippen LogP contribution in [0.1, 0.15) is 89.3 Å². The molecule has 4 heterocycles. The highest BCUT2D eigenvalue weighted by molar-refractivity contribution is 5.89. The van der Waals surface area contributed by atoms with E-state index in [4.69, 9.17) is 19.3 Å². The highest BCUT2D eigenvalue weighted by Crippen LogP contribution is 2.46. The highest BCUT2D eigenvalue weighted by atomic mass is 16.6. The molecule has 1 atom stereocenters. The number of rotatable bonds is 5. The fourth-order valence-corrected chi connectivity index (χ4v) is 6.16. The van der Waals surface area contributed by atoms with Crippen molar-refractivity contribution in [1.29, 1.82) is 0 Å². The number of carbonyl (C=O) groups excluding carboxylic acids is 2. The molecule has 0 radical (unpaired) electrons. The van der Waals surface area contributed by atoms with Crippen molar-refractivity contribution >= 4 is 12.1 Å². The number of hydrogen-bond acceptors (Lipinski definition) is 7. The molecule has 10 nitrogen and oxygen atoms in total. The minimum absolute atomic E-state index is 0.00194. The summed E-state index contributed by atoms with van der Waals surface area (Å²) < 4.78 is 20.6. The molecule has 10 heteroatoms. The van der Waals surface area contributed by atoms with Crippen molar-refractivity contribution in [2.24, 2.45) is 5.41 Å². The van der Waals surface area contributed by atoms with Gasteiger partial charge in [-0.1, -0.05) is 20.8 Å². The first-order valence-corrected chi connectivity index (χ1v) is 15.4. The van der Waals surface area contributed by atoms with E-state index in [2.05, 4.69) is 31.4 Å². The van der Waals surface area contributed by atoms with Gasteiger partial charge in [0.15, 0.2) is 5.43 Å². The molecule has 2 aliphatic heterocycles. The number of piperidine rings is 1. The molecule has 2 aliphatic rings. The number of aromatic nitrogens is 3. The average Bonchev–Trinajstić information content (AvgIpc) is 3.45. The molecule has 2 aromatic heterocycles. The quantitative estimate of drug-likeness (QED) is 0.316. The fourth-order valence-electron chi connectivity index (χ4n) is 6.16. The lowest BCUT2D eigenvalue weighted by molar-refractivity contribution is 0.0184. The molecule has 1 amide bonds. The summed E-state index contributed by atoms with van der Waals surface area (Å²) >= 11 is 0. The smallest absolute Gasteiger partial charge is 0.410 e. The zero-order valence-electron chi connectivity index (χ0n) is 27.1. The van der Waals surface area contributed by atoms with Crippen molar-refractivity contribution < 1.29 is 23.8 Å². The predicted octanol–water partition coefficient (Wildman–Crippen LogP) is 6.28. The average molecular weight is 605 g/mol. The summed E-state index contributed by atoms with van der Waals surface area (Å²) in [5.74, 6) is 0.0671. The van der Waals surface area contributed by atoms with E-state index in [-0.39, 0.29) is 41.2 Å². The number of benzene rings is 1. The second kappa shape index (κ2) is 11.8. The predicted molar refractivity (Wildman–Crippen MR) is 168 cm³/mol. The first kappa shape index (κ1) is 31.3. The van der Waals surface area contributed by atoms with Gasteiger partial charge in [-0.15, -0.1) is 0 Å². The fraction of sp³-hybridized carbons (Fsp3) is 0.529. The molecule has 0 saturated carbocycles. The van der Waals surface area contributed by atoms with Gasteiger partial charge in [-0.2, -0.15) is 5.10 Å². The first-order valence-electron chi connectivity index (χ1n) is 15.4. The molecule has 44 heavy (non-hydrogen) atoms. The Morgan fingerprint density at radius 3 is 2.32 bits per heavy atom. The largest absolute Gasteiger partial charge is 0.496 e. The number of pyridine rings is 1. The van der Waals surface area contributed by atoms with Crippen LogP contribution >= 0.6 is 0 Å². The molecule has 0 spiro atoms. The van der Waals surface area contributed by atoms with Crippen LogP contribution in [0.4, 0.5) is 4.79 Å².